The average Bonchev–Trinajstić information content (AvgIpc) is 2.80. The Labute approximate surface area is 192 Å². The van der Waals surface area contributed by atoms with Gasteiger partial charge in [0.1, 0.15) is 24.2 Å². The van der Waals surface area contributed by atoms with Crippen LogP contribution in [0.25, 0.3) is 0 Å². The standard InChI is InChI=1S/C26H26N2O5/c1-17-19(14-25(29)30)6-5-7-22(17)27-26(31)18-10-12-20(13-11-18)32-16-21-15-28(2)23-8-3-4-9-24(23)33-21/h3-13,21H,14-16H2,1-2H3,(H,27,31)(H,29,30)/t21-/m0/s1. The van der Waals surface area contributed by atoms with E-state index in [1.54, 1.807) is 49.4 Å². The van der Waals surface area contributed by atoms with Crippen LogP contribution in [0.3, 0.4) is 0 Å². The fourth-order valence-electron chi connectivity index (χ4n) is 3.84. The van der Waals surface area contributed by atoms with Gasteiger partial charge in [0.05, 0.1) is 18.7 Å². The summed E-state index contributed by atoms with van der Waals surface area (Å²) in [4.78, 5) is 25.8. The van der Waals surface area contributed by atoms with Crippen molar-refractivity contribution in [1.29, 1.82) is 0 Å². The number of rotatable bonds is 7. The van der Waals surface area contributed by atoms with Gasteiger partial charge in [-0.3, -0.25) is 9.59 Å². The minimum Gasteiger partial charge on any atom is -0.490 e. The zero-order valence-corrected chi connectivity index (χ0v) is 18.6. The van der Waals surface area contributed by atoms with E-state index in [1.165, 1.54) is 0 Å². The molecule has 3 aromatic rings. The van der Waals surface area contributed by atoms with E-state index >= 15 is 0 Å². The van der Waals surface area contributed by atoms with E-state index < -0.39 is 5.97 Å². The van der Waals surface area contributed by atoms with Crippen molar-refractivity contribution in [2.75, 3.05) is 30.4 Å². The van der Waals surface area contributed by atoms with E-state index in [4.69, 9.17) is 14.6 Å². The summed E-state index contributed by atoms with van der Waals surface area (Å²) in [6.45, 7) is 2.91. The predicted octanol–water partition coefficient (Wildman–Crippen LogP) is 4.15. The summed E-state index contributed by atoms with van der Waals surface area (Å²) in [7, 11) is 2.03. The summed E-state index contributed by atoms with van der Waals surface area (Å²) in [6, 6.07) is 20.1. The number of para-hydroxylation sites is 2. The molecule has 33 heavy (non-hydrogen) atoms. The molecule has 0 fully saturated rings. The molecule has 0 saturated heterocycles. The van der Waals surface area contributed by atoms with Gasteiger partial charge in [-0.1, -0.05) is 24.3 Å². The minimum atomic E-state index is -0.911. The smallest absolute Gasteiger partial charge is 0.307 e. The van der Waals surface area contributed by atoms with Crippen molar-refractivity contribution in [3.8, 4) is 11.5 Å². The summed E-state index contributed by atoms with van der Waals surface area (Å²) in [5.74, 6) is 0.309. The van der Waals surface area contributed by atoms with Crippen LogP contribution in [0.5, 0.6) is 11.5 Å². The summed E-state index contributed by atoms with van der Waals surface area (Å²) >= 11 is 0. The van der Waals surface area contributed by atoms with E-state index in [-0.39, 0.29) is 18.4 Å². The SMILES string of the molecule is Cc1c(CC(=O)O)cccc1NC(=O)c1ccc(OC[C@@H]2CN(C)c3ccccc3O2)cc1. The molecule has 1 atom stereocenters. The molecule has 7 heteroatoms. The van der Waals surface area contributed by atoms with Gasteiger partial charge in [-0.15, -0.1) is 0 Å². The Hall–Kier alpha value is -4.00. The van der Waals surface area contributed by atoms with E-state index in [0.29, 0.717) is 29.2 Å². The number of nitrogens with zero attached hydrogens (tertiary/aromatic N) is 1. The van der Waals surface area contributed by atoms with Crippen molar-refractivity contribution in [2.24, 2.45) is 0 Å². The third-order valence-electron chi connectivity index (χ3n) is 5.64. The second-order valence-corrected chi connectivity index (χ2v) is 8.04. The third kappa shape index (κ3) is 5.26. The first-order chi connectivity index (χ1) is 15.9. The van der Waals surface area contributed by atoms with Crippen molar-refractivity contribution >= 4 is 23.3 Å². The van der Waals surface area contributed by atoms with Crippen LogP contribution in [0.2, 0.25) is 0 Å². The second-order valence-electron chi connectivity index (χ2n) is 8.04. The molecule has 0 aliphatic carbocycles. The number of carboxylic acids is 1. The van der Waals surface area contributed by atoms with Gasteiger partial charge in [0, 0.05) is 18.3 Å². The summed E-state index contributed by atoms with van der Waals surface area (Å²) in [6.07, 6.45) is -0.192. The van der Waals surface area contributed by atoms with Crippen molar-refractivity contribution in [3.05, 3.63) is 83.4 Å². The van der Waals surface area contributed by atoms with Crippen LogP contribution in [0.15, 0.2) is 66.7 Å². The number of anilines is 2. The summed E-state index contributed by atoms with van der Waals surface area (Å²) in [5.41, 5.74) is 3.55. The molecule has 1 amide bonds. The number of hydrogen-bond acceptors (Lipinski definition) is 5. The monoisotopic (exact) mass is 446 g/mol. The number of amides is 1. The Morgan fingerprint density at radius 1 is 1.09 bits per heavy atom. The fourth-order valence-corrected chi connectivity index (χ4v) is 3.84. The molecule has 0 unspecified atom stereocenters. The van der Waals surface area contributed by atoms with Crippen LogP contribution in [-0.2, 0) is 11.2 Å². The lowest BCUT2D eigenvalue weighted by Gasteiger charge is -2.33. The van der Waals surface area contributed by atoms with Gasteiger partial charge in [0.2, 0.25) is 0 Å². The number of carboxylic acid groups (broad SMARTS) is 1. The first kappa shape index (κ1) is 22.2. The highest BCUT2D eigenvalue weighted by atomic mass is 16.5. The van der Waals surface area contributed by atoms with Gasteiger partial charge < -0.3 is 24.8 Å². The van der Waals surface area contributed by atoms with Crippen LogP contribution in [0.4, 0.5) is 11.4 Å². The first-order valence-corrected chi connectivity index (χ1v) is 10.7. The lowest BCUT2D eigenvalue weighted by molar-refractivity contribution is -0.136. The Morgan fingerprint density at radius 2 is 1.85 bits per heavy atom. The van der Waals surface area contributed by atoms with Crippen molar-refractivity contribution in [3.63, 3.8) is 0 Å². The van der Waals surface area contributed by atoms with E-state index in [1.807, 2.05) is 31.3 Å². The number of hydrogen-bond donors (Lipinski definition) is 2. The second kappa shape index (κ2) is 9.65. The van der Waals surface area contributed by atoms with Crippen molar-refractivity contribution in [1.82, 2.24) is 0 Å². The van der Waals surface area contributed by atoms with Crippen molar-refractivity contribution < 1.29 is 24.2 Å². The first-order valence-electron chi connectivity index (χ1n) is 10.7. The van der Waals surface area contributed by atoms with Gasteiger partial charge in [-0.05, 0) is 60.5 Å². The van der Waals surface area contributed by atoms with E-state index in [2.05, 4.69) is 10.2 Å². The highest BCUT2D eigenvalue weighted by Gasteiger charge is 2.23. The number of aliphatic carboxylic acids is 1. The predicted molar refractivity (Wildman–Crippen MR) is 127 cm³/mol. The number of carbonyl (C=O) groups is 2. The molecule has 4 rings (SSSR count). The van der Waals surface area contributed by atoms with Crippen LogP contribution in [-0.4, -0.2) is 43.3 Å². The van der Waals surface area contributed by atoms with Gasteiger partial charge in [0.15, 0.2) is 0 Å². The topological polar surface area (TPSA) is 88.1 Å². The van der Waals surface area contributed by atoms with Crippen LogP contribution < -0.4 is 19.7 Å². The van der Waals surface area contributed by atoms with Gasteiger partial charge >= 0.3 is 5.97 Å². The average molecular weight is 447 g/mol. The van der Waals surface area contributed by atoms with Crippen molar-refractivity contribution in [2.45, 2.75) is 19.4 Å². The van der Waals surface area contributed by atoms with E-state index in [0.717, 1.165) is 23.5 Å². The molecule has 170 valence electrons. The van der Waals surface area contributed by atoms with Gasteiger partial charge in [0.25, 0.3) is 5.91 Å². The Balaban J connectivity index is 1.35. The number of benzene rings is 3. The van der Waals surface area contributed by atoms with Crippen LogP contribution >= 0.6 is 0 Å². The largest absolute Gasteiger partial charge is 0.490 e. The number of carbonyl (C=O) groups excluding carboxylic acids is 1. The third-order valence-corrected chi connectivity index (χ3v) is 5.64. The normalized spacial score (nSPS) is 14.7. The fraction of sp³-hybridized carbons (Fsp3) is 0.231. The molecule has 0 saturated carbocycles. The maximum Gasteiger partial charge on any atom is 0.307 e. The zero-order chi connectivity index (χ0) is 23.4. The van der Waals surface area contributed by atoms with Crippen LogP contribution in [0.1, 0.15) is 21.5 Å². The Kier molecular flexibility index (Phi) is 6.49. The maximum absolute atomic E-state index is 12.7. The molecule has 1 aliphatic heterocycles. The molecule has 3 aromatic carbocycles. The van der Waals surface area contributed by atoms with Gasteiger partial charge in [-0.25, -0.2) is 0 Å². The quantitative estimate of drug-likeness (QED) is 0.567. The highest BCUT2D eigenvalue weighted by Crippen LogP contribution is 2.32. The molecule has 1 aliphatic rings. The molecule has 1 heterocycles. The molecular formula is C26H26N2O5. The summed E-state index contributed by atoms with van der Waals surface area (Å²) < 4.78 is 11.9. The Morgan fingerprint density at radius 3 is 2.61 bits per heavy atom. The Bertz CT molecular complexity index is 1160. The lowest BCUT2D eigenvalue weighted by Crippen LogP contribution is -2.41. The maximum atomic E-state index is 12.7. The number of nitrogens with one attached hydrogen (secondary N) is 1. The minimum absolute atomic E-state index is 0.0896. The molecular weight excluding hydrogens is 420 g/mol. The molecule has 0 bridgehead atoms. The molecule has 7 nitrogen and oxygen atoms in total. The molecule has 0 spiro atoms. The van der Waals surface area contributed by atoms with Crippen LogP contribution in [0, 0.1) is 6.92 Å². The number of ether oxygens (including phenoxy) is 2. The number of fused-ring (bicyclic) bond motifs is 1. The number of likely N-dealkylation sites (N-methyl/N-ethyl adjacent to an activating group) is 1. The highest BCUT2D eigenvalue weighted by molar-refractivity contribution is 6.04. The molecule has 2 N–H and O–H groups in total. The summed E-state index contributed by atoms with van der Waals surface area (Å²) in [5, 5.41) is 11.9. The van der Waals surface area contributed by atoms with E-state index in [9.17, 15) is 9.59 Å². The molecule has 0 radical (unpaired) electrons. The van der Waals surface area contributed by atoms with Gasteiger partial charge in [-0.2, -0.15) is 0 Å². The zero-order valence-electron chi connectivity index (χ0n) is 18.6. The lowest BCUT2D eigenvalue weighted by atomic mass is 10.0. The molecule has 0 aromatic heterocycles.